The molecular weight excluding hydrogens is 289 g/mol. The number of rotatable bonds is 7. The summed E-state index contributed by atoms with van der Waals surface area (Å²) in [4.78, 5) is 0. The zero-order valence-electron chi connectivity index (χ0n) is 11.1. The first kappa shape index (κ1) is 16.4. The van der Waals surface area contributed by atoms with Crippen molar-refractivity contribution >= 4 is 21.6 Å². The van der Waals surface area contributed by atoms with Gasteiger partial charge in [0, 0.05) is 11.9 Å². The topological polar surface area (TPSA) is 46.2 Å². The van der Waals surface area contributed by atoms with Crippen LogP contribution in [-0.4, -0.2) is 20.1 Å². The third kappa shape index (κ3) is 5.47. The van der Waals surface area contributed by atoms with Crippen molar-refractivity contribution in [2.75, 3.05) is 11.6 Å². The highest BCUT2D eigenvalue weighted by Crippen LogP contribution is 2.23. The smallest absolute Gasteiger partial charge is 0.212 e. The van der Waals surface area contributed by atoms with Crippen LogP contribution in [0.4, 0.5) is 4.39 Å². The van der Waals surface area contributed by atoms with Crippen molar-refractivity contribution in [1.82, 2.24) is 4.72 Å². The Morgan fingerprint density at radius 2 is 1.84 bits per heavy atom. The molecule has 1 aromatic rings. The summed E-state index contributed by atoms with van der Waals surface area (Å²) in [6.07, 6.45) is 0.408. The Morgan fingerprint density at radius 1 is 1.26 bits per heavy atom. The second-order valence-electron chi connectivity index (χ2n) is 4.75. The lowest BCUT2D eigenvalue weighted by Crippen LogP contribution is -2.33. The molecule has 1 N–H and O–H groups in total. The number of benzene rings is 1. The minimum Gasteiger partial charge on any atom is -0.212 e. The number of sulfonamides is 1. The highest BCUT2D eigenvalue weighted by atomic mass is 35.5. The maximum atomic E-state index is 12.9. The van der Waals surface area contributed by atoms with E-state index in [9.17, 15) is 12.8 Å². The molecule has 6 heteroatoms. The maximum absolute atomic E-state index is 12.9. The van der Waals surface area contributed by atoms with Gasteiger partial charge in [0.25, 0.3) is 0 Å². The number of hydrogen-bond acceptors (Lipinski definition) is 2. The molecule has 0 heterocycles. The van der Waals surface area contributed by atoms with Crippen LogP contribution in [0.1, 0.15) is 31.9 Å². The molecule has 1 aromatic carbocycles. The van der Waals surface area contributed by atoms with Crippen molar-refractivity contribution in [2.45, 2.75) is 26.3 Å². The van der Waals surface area contributed by atoms with Crippen LogP contribution < -0.4 is 4.72 Å². The number of nitrogens with one attached hydrogen (secondary N) is 1. The van der Waals surface area contributed by atoms with Crippen LogP contribution >= 0.6 is 11.6 Å². The van der Waals surface area contributed by atoms with Crippen molar-refractivity contribution in [2.24, 2.45) is 5.92 Å². The first-order valence-electron chi connectivity index (χ1n) is 6.17. The Hall–Kier alpha value is -0.650. The maximum Gasteiger partial charge on any atom is 0.212 e. The first-order valence-corrected chi connectivity index (χ1v) is 8.36. The van der Waals surface area contributed by atoms with E-state index in [0.717, 1.165) is 5.56 Å². The molecule has 19 heavy (non-hydrogen) atoms. The second kappa shape index (κ2) is 7.22. The fraction of sp³-hybridized carbons (Fsp3) is 0.538. The van der Waals surface area contributed by atoms with Gasteiger partial charge in [0.15, 0.2) is 0 Å². The van der Waals surface area contributed by atoms with E-state index in [4.69, 9.17) is 11.6 Å². The molecule has 1 atom stereocenters. The van der Waals surface area contributed by atoms with Gasteiger partial charge >= 0.3 is 0 Å². The zero-order chi connectivity index (χ0) is 14.5. The largest absolute Gasteiger partial charge is 0.212 e. The molecule has 1 rings (SSSR count). The number of alkyl halides is 1. The van der Waals surface area contributed by atoms with Crippen molar-refractivity contribution in [3.05, 3.63) is 35.6 Å². The molecule has 0 aliphatic rings. The Morgan fingerprint density at radius 3 is 2.32 bits per heavy atom. The van der Waals surface area contributed by atoms with Gasteiger partial charge in [-0.15, -0.1) is 11.6 Å². The highest BCUT2D eigenvalue weighted by molar-refractivity contribution is 7.89. The van der Waals surface area contributed by atoms with Crippen LogP contribution in [0.3, 0.4) is 0 Å². The van der Waals surface area contributed by atoms with Gasteiger partial charge in [-0.05, 0) is 30.0 Å². The Labute approximate surface area is 119 Å². The number of hydrogen-bond donors (Lipinski definition) is 1. The lowest BCUT2D eigenvalue weighted by Gasteiger charge is -2.22. The normalized spacial score (nSPS) is 13.7. The van der Waals surface area contributed by atoms with Gasteiger partial charge < -0.3 is 0 Å². The lowest BCUT2D eigenvalue weighted by molar-refractivity contribution is 0.462. The summed E-state index contributed by atoms with van der Waals surface area (Å²) in [5.74, 6) is 0.0394. The average Bonchev–Trinajstić information content (AvgIpc) is 2.35. The molecule has 0 aromatic heterocycles. The predicted octanol–water partition coefficient (Wildman–Crippen LogP) is 3.07. The van der Waals surface area contributed by atoms with Gasteiger partial charge in [-0.1, -0.05) is 26.0 Å². The van der Waals surface area contributed by atoms with Gasteiger partial charge in [0.05, 0.1) is 5.75 Å². The summed E-state index contributed by atoms with van der Waals surface area (Å²) in [5, 5.41) is 0. The molecular formula is C13H19ClFNO2S. The second-order valence-corrected chi connectivity index (χ2v) is 7.00. The summed E-state index contributed by atoms with van der Waals surface area (Å²) < 4.78 is 39.4. The minimum absolute atomic E-state index is 0.000907. The number of halogens is 2. The SMILES string of the molecule is CC(C)C(NS(=O)(=O)CCCCl)c1ccc(F)cc1. The van der Waals surface area contributed by atoms with Crippen molar-refractivity contribution < 1.29 is 12.8 Å². The van der Waals surface area contributed by atoms with E-state index in [-0.39, 0.29) is 23.5 Å². The van der Waals surface area contributed by atoms with E-state index in [1.807, 2.05) is 13.8 Å². The molecule has 0 aliphatic carbocycles. The molecule has 1 unspecified atom stereocenters. The third-order valence-corrected chi connectivity index (χ3v) is 4.46. The summed E-state index contributed by atoms with van der Waals surface area (Å²) in [6, 6.07) is 5.50. The van der Waals surface area contributed by atoms with Gasteiger partial charge in [0.2, 0.25) is 10.0 Å². The average molecular weight is 308 g/mol. The summed E-state index contributed by atoms with van der Waals surface area (Å²) in [5.41, 5.74) is 0.755. The van der Waals surface area contributed by atoms with Gasteiger partial charge in [0.1, 0.15) is 5.82 Å². The molecule has 0 fully saturated rings. The van der Waals surface area contributed by atoms with E-state index in [2.05, 4.69) is 4.72 Å². The van der Waals surface area contributed by atoms with Crippen LogP contribution in [0.2, 0.25) is 0 Å². The zero-order valence-corrected chi connectivity index (χ0v) is 12.6. The third-order valence-electron chi connectivity index (χ3n) is 2.75. The van der Waals surface area contributed by atoms with Crippen molar-refractivity contribution in [1.29, 1.82) is 0 Å². The monoisotopic (exact) mass is 307 g/mol. The molecule has 0 radical (unpaired) electrons. The predicted molar refractivity (Wildman–Crippen MR) is 76.2 cm³/mol. The fourth-order valence-electron chi connectivity index (χ4n) is 1.76. The Balaban J connectivity index is 2.87. The van der Waals surface area contributed by atoms with Crippen LogP contribution in [0.5, 0.6) is 0 Å². The Bertz CT molecular complexity index is 488. The molecule has 0 spiro atoms. The molecule has 0 amide bonds. The van der Waals surface area contributed by atoms with Crippen LogP contribution in [0.25, 0.3) is 0 Å². The minimum atomic E-state index is -3.37. The van der Waals surface area contributed by atoms with E-state index >= 15 is 0 Å². The quantitative estimate of drug-likeness (QED) is 0.787. The molecule has 0 bridgehead atoms. The summed E-state index contributed by atoms with van der Waals surface area (Å²) >= 11 is 5.51. The highest BCUT2D eigenvalue weighted by Gasteiger charge is 2.22. The van der Waals surface area contributed by atoms with Crippen molar-refractivity contribution in [3.63, 3.8) is 0 Å². The first-order chi connectivity index (χ1) is 8.85. The molecule has 0 saturated carbocycles. The van der Waals surface area contributed by atoms with Crippen LogP contribution in [0, 0.1) is 11.7 Å². The van der Waals surface area contributed by atoms with E-state index in [1.165, 1.54) is 12.1 Å². The van der Waals surface area contributed by atoms with Gasteiger partial charge in [-0.3, -0.25) is 0 Å². The summed E-state index contributed by atoms with van der Waals surface area (Å²) in [6.45, 7) is 3.83. The summed E-state index contributed by atoms with van der Waals surface area (Å²) in [7, 11) is -3.37. The molecule has 0 aliphatic heterocycles. The van der Waals surface area contributed by atoms with Gasteiger partial charge in [-0.2, -0.15) is 0 Å². The van der Waals surface area contributed by atoms with E-state index < -0.39 is 10.0 Å². The molecule has 3 nitrogen and oxygen atoms in total. The standard InChI is InChI=1S/C13H19ClFNO2S/c1-10(2)13(11-4-6-12(15)7-5-11)16-19(17,18)9-3-8-14/h4-7,10,13,16H,3,8-9H2,1-2H3. The Kier molecular flexibility index (Phi) is 6.23. The fourth-order valence-corrected chi connectivity index (χ4v) is 3.49. The molecule has 0 saturated heterocycles. The molecule has 108 valence electrons. The van der Waals surface area contributed by atoms with Crippen molar-refractivity contribution in [3.8, 4) is 0 Å². The lowest BCUT2D eigenvalue weighted by atomic mass is 9.97. The van der Waals surface area contributed by atoms with E-state index in [1.54, 1.807) is 12.1 Å². The van der Waals surface area contributed by atoms with Crippen LogP contribution in [0.15, 0.2) is 24.3 Å². The van der Waals surface area contributed by atoms with Crippen LogP contribution in [-0.2, 0) is 10.0 Å². The van der Waals surface area contributed by atoms with E-state index in [0.29, 0.717) is 12.3 Å². The van der Waals surface area contributed by atoms with Gasteiger partial charge in [-0.25, -0.2) is 17.5 Å².